The maximum atomic E-state index is 13.1. The molecule has 0 aliphatic carbocycles. The molecule has 1 heterocycles. The van der Waals surface area contributed by atoms with Crippen molar-refractivity contribution < 1.29 is 35.5 Å². The molecule has 3 aromatic rings. The van der Waals surface area contributed by atoms with Crippen LogP contribution in [0.3, 0.4) is 0 Å². The normalized spacial score (nSPS) is 12.5. The van der Waals surface area contributed by atoms with Crippen molar-refractivity contribution in [3.05, 3.63) is 71.3 Å². The Morgan fingerprint density at radius 3 is 2.21 bits per heavy atom. The third kappa shape index (κ3) is 4.89. The first kappa shape index (κ1) is 20.3. The smallest absolute Gasteiger partial charge is 0.423 e. The van der Waals surface area contributed by atoms with E-state index in [2.05, 4.69) is 15.3 Å². The van der Waals surface area contributed by atoms with E-state index in [9.17, 15) is 30.7 Å². The largest absolute Gasteiger partial charge is 0.453 e. The number of hydrogen-bond acceptors (Lipinski definition) is 4. The Balaban J connectivity index is 1.97. The van der Waals surface area contributed by atoms with Gasteiger partial charge in [-0.05, 0) is 35.9 Å². The van der Waals surface area contributed by atoms with Crippen molar-refractivity contribution in [3.63, 3.8) is 0 Å². The van der Waals surface area contributed by atoms with Gasteiger partial charge in [0.25, 0.3) is 5.82 Å². The number of rotatable bonds is 4. The van der Waals surface area contributed by atoms with Crippen molar-refractivity contribution in [2.75, 3.05) is 0 Å². The molecule has 0 spiro atoms. The van der Waals surface area contributed by atoms with Crippen LogP contribution in [0.5, 0.6) is 11.8 Å². The molecule has 0 saturated carbocycles. The van der Waals surface area contributed by atoms with Crippen LogP contribution >= 0.6 is 0 Å². The Labute approximate surface area is 158 Å². The lowest BCUT2D eigenvalue weighted by molar-refractivity contribution is -0.147. The van der Waals surface area contributed by atoms with E-state index >= 15 is 0 Å². The van der Waals surface area contributed by atoms with Crippen molar-refractivity contribution in [1.82, 2.24) is 14.9 Å². The van der Waals surface area contributed by atoms with Gasteiger partial charge in [0.15, 0.2) is 0 Å². The van der Waals surface area contributed by atoms with Crippen molar-refractivity contribution in [2.24, 2.45) is 5.10 Å². The fourth-order valence-electron chi connectivity index (χ4n) is 2.12. The summed E-state index contributed by atoms with van der Waals surface area (Å²) < 4.78 is 96.0. The highest BCUT2D eigenvalue weighted by Crippen LogP contribution is 2.34. The zero-order chi connectivity index (χ0) is 21.2. The summed E-state index contributed by atoms with van der Waals surface area (Å²) in [6.45, 7) is 0. The van der Waals surface area contributed by atoms with E-state index in [1.54, 1.807) is 0 Å². The summed E-state index contributed by atoms with van der Waals surface area (Å²) in [5, 5.41) is 9.74. The summed E-state index contributed by atoms with van der Waals surface area (Å²) in [5.41, 5.74) is -0.815. The van der Waals surface area contributed by atoms with Crippen LogP contribution in [0.2, 0.25) is 0 Å². The molecule has 1 aromatic heterocycles. The van der Waals surface area contributed by atoms with E-state index in [1.807, 2.05) is 0 Å². The Morgan fingerprint density at radius 1 is 0.897 bits per heavy atom. The van der Waals surface area contributed by atoms with Gasteiger partial charge in [0.05, 0.1) is 11.8 Å². The topological polar surface area (TPSA) is 52.3 Å². The van der Waals surface area contributed by atoms with Gasteiger partial charge in [-0.2, -0.15) is 36.1 Å². The Kier molecular flexibility index (Phi) is 5.27. The molecule has 29 heavy (non-hydrogen) atoms. The lowest BCUT2D eigenvalue weighted by Gasteiger charge is -2.10. The maximum Gasteiger partial charge on any atom is 0.453 e. The molecular weight excluding hydrogens is 409 g/mol. The Hall–Kier alpha value is -3.44. The summed E-state index contributed by atoms with van der Waals surface area (Å²) in [6.07, 6.45) is -8.69. The molecule has 0 unspecified atom stereocenters. The van der Waals surface area contributed by atoms with E-state index in [4.69, 9.17) is 4.74 Å². The second-order valence-corrected chi connectivity index (χ2v) is 5.54. The molecule has 2 aromatic carbocycles. The second-order valence-electron chi connectivity index (χ2n) is 5.54. The van der Waals surface area contributed by atoms with E-state index in [0.717, 1.165) is 36.5 Å². The van der Waals surface area contributed by atoms with Crippen LogP contribution < -0.4 is 4.74 Å². The lowest BCUT2D eigenvalue weighted by Crippen LogP contribution is -2.13. The SMILES string of the molecule is Fc1ccc(/C=N/n2c(Oc3cccc(C(F)(F)F)c3)nnc2C(F)(F)F)cc1. The maximum absolute atomic E-state index is 13.1. The highest BCUT2D eigenvalue weighted by Gasteiger charge is 2.39. The molecule has 0 aliphatic heterocycles. The van der Waals surface area contributed by atoms with Gasteiger partial charge in [-0.3, -0.25) is 0 Å². The zero-order valence-electron chi connectivity index (χ0n) is 14.0. The van der Waals surface area contributed by atoms with Gasteiger partial charge in [-0.15, -0.1) is 5.10 Å². The van der Waals surface area contributed by atoms with Gasteiger partial charge >= 0.3 is 18.4 Å². The fourth-order valence-corrected chi connectivity index (χ4v) is 2.12. The van der Waals surface area contributed by atoms with Gasteiger partial charge in [0.2, 0.25) is 0 Å². The number of benzene rings is 2. The summed E-state index contributed by atoms with van der Waals surface area (Å²) >= 11 is 0. The summed E-state index contributed by atoms with van der Waals surface area (Å²) in [5.74, 6) is -2.53. The van der Waals surface area contributed by atoms with Crippen LogP contribution in [0.1, 0.15) is 17.0 Å². The third-order valence-corrected chi connectivity index (χ3v) is 3.43. The van der Waals surface area contributed by atoms with E-state index < -0.39 is 41.3 Å². The molecule has 3 rings (SSSR count). The molecular formula is C17H9F7N4O. The van der Waals surface area contributed by atoms with Gasteiger partial charge in [-0.25, -0.2) is 4.39 Å². The van der Waals surface area contributed by atoms with Crippen LogP contribution in [0.25, 0.3) is 0 Å². The minimum absolute atomic E-state index is 0.184. The molecule has 0 bridgehead atoms. The first-order valence-corrected chi connectivity index (χ1v) is 7.72. The first-order valence-electron chi connectivity index (χ1n) is 7.72. The lowest BCUT2D eigenvalue weighted by atomic mass is 10.2. The number of nitrogens with zero attached hydrogens (tertiary/aromatic N) is 4. The highest BCUT2D eigenvalue weighted by atomic mass is 19.4. The van der Waals surface area contributed by atoms with Crippen molar-refractivity contribution in [1.29, 1.82) is 0 Å². The summed E-state index contributed by atoms with van der Waals surface area (Å²) in [7, 11) is 0. The molecule has 0 radical (unpaired) electrons. The highest BCUT2D eigenvalue weighted by molar-refractivity contribution is 5.79. The molecule has 0 atom stereocenters. The van der Waals surface area contributed by atoms with Crippen LogP contribution in [0.4, 0.5) is 30.7 Å². The predicted molar refractivity (Wildman–Crippen MR) is 85.9 cm³/mol. The molecule has 0 aliphatic rings. The third-order valence-electron chi connectivity index (χ3n) is 3.43. The monoisotopic (exact) mass is 418 g/mol. The molecule has 0 fully saturated rings. The number of ether oxygens (including phenoxy) is 1. The average Bonchev–Trinajstić information content (AvgIpc) is 3.04. The summed E-state index contributed by atoms with van der Waals surface area (Å²) in [6, 6.07) is 7.32. The zero-order valence-corrected chi connectivity index (χ0v) is 14.0. The average molecular weight is 418 g/mol. The van der Waals surface area contributed by atoms with Crippen molar-refractivity contribution in [3.8, 4) is 11.8 Å². The fraction of sp³-hybridized carbons (Fsp3) is 0.118. The molecule has 5 nitrogen and oxygen atoms in total. The standard InChI is InChI=1S/C17H9F7N4O/c18-12-6-4-10(5-7-12)9-25-28-14(17(22,23)24)26-27-15(28)29-13-3-1-2-11(8-13)16(19,20)21/h1-9H/b25-9+. The van der Waals surface area contributed by atoms with Gasteiger partial charge in [-0.1, -0.05) is 23.3 Å². The molecule has 12 heteroatoms. The van der Waals surface area contributed by atoms with Gasteiger partial charge in [0.1, 0.15) is 11.6 Å². The van der Waals surface area contributed by atoms with Crippen LogP contribution in [0, 0.1) is 5.82 Å². The number of aromatic nitrogens is 3. The summed E-state index contributed by atoms with van der Waals surface area (Å²) in [4.78, 5) is 0. The molecule has 0 saturated heterocycles. The van der Waals surface area contributed by atoms with Crippen LogP contribution in [-0.2, 0) is 12.4 Å². The van der Waals surface area contributed by atoms with Crippen molar-refractivity contribution >= 4 is 6.21 Å². The van der Waals surface area contributed by atoms with E-state index in [1.165, 1.54) is 12.1 Å². The second kappa shape index (κ2) is 7.53. The quantitative estimate of drug-likeness (QED) is 0.436. The molecule has 0 N–H and O–H groups in total. The first-order chi connectivity index (χ1) is 13.5. The van der Waals surface area contributed by atoms with E-state index in [0.29, 0.717) is 6.07 Å². The predicted octanol–water partition coefficient (Wildman–Crippen LogP) is 5.13. The number of hydrogen-bond donors (Lipinski definition) is 0. The Morgan fingerprint density at radius 2 is 1.59 bits per heavy atom. The minimum Gasteiger partial charge on any atom is -0.423 e. The van der Waals surface area contributed by atoms with Crippen LogP contribution in [-0.4, -0.2) is 21.1 Å². The van der Waals surface area contributed by atoms with Crippen LogP contribution in [0.15, 0.2) is 53.6 Å². The molecule has 152 valence electrons. The Bertz CT molecular complexity index is 1020. The van der Waals surface area contributed by atoms with E-state index in [-0.39, 0.29) is 10.2 Å². The molecule has 0 amide bonds. The number of halogens is 7. The number of alkyl halides is 6. The van der Waals surface area contributed by atoms with Gasteiger partial charge in [0, 0.05) is 0 Å². The van der Waals surface area contributed by atoms with Crippen molar-refractivity contribution in [2.45, 2.75) is 12.4 Å². The minimum atomic E-state index is -4.97. The van der Waals surface area contributed by atoms with Gasteiger partial charge < -0.3 is 4.74 Å².